The molecule has 0 aliphatic heterocycles. The average molecular weight is 148 g/mol. The summed E-state index contributed by atoms with van der Waals surface area (Å²) in [6.45, 7) is 7.47. The molecule has 0 unspecified atom stereocenters. The Morgan fingerprint density at radius 2 is 2.36 bits per heavy atom. The fourth-order valence-corrected chi connectivity index (χ4v) is 1.12. The summed E-state index contributed by atoms with van der Waals surface area (Å²) in [7, 11) is 0. The van der Waals surface area contributed by atoms with Gasteiger partial charge in [-0.1, -0.05) is 24.3 Å². The summed E-state index contributed by atoms with van der Waals surface area (Å²) in [5.74, 6) is 0.174. The molecule has 0 aromatic rings. The van der Waals surface area contributed by atoms with Gasteiger partial charge in [-0.05, 0) is 25.8 Å². The van der Waals surface area contributed by atoms with E-state index in [0.717, 1.165) is 23.1 Å². The van der Waals surface area contributed by atoms with Gasteiger partial charge in [0, 0.05) is 5.57 Å². The highest BCUT2D eigenvalue weighted by Gasteiger charge is 2.16. The molecule has 1 rings (SSSR count). The van der Waals surface area contributed by atoms with Crippen LogP contribution in [-0.2, 0) is 4.79 Å². The molecule has 0 aromatic carbocycles. The van der Waals surface area contributed by atoms with E-state index in [1.807, 2.05) is 26.0 Å². The predicted octanol–water partition coefficient (Wildman–Crippen LogP) is 2.41. The predicted molar refractivity (Wildman–Crippen MR) is 46.3 cm³/mol. The van der Waals surface area contributed by atoms with Crippen molar-refractivity contribution in [3.8, 4) is 0 Å². The summed E-state index contributed by atoms with van der Waals surface area (Å²) in [6.07, 6.45) is 4.59. The second-order valence-electron chi connectivity index (χ2n) is 2.94. The van der Waals surface area contributed by atoms with Crippen LogP contribution in [0.15, 0.2) is 35.5 Å². The van der Waals surface area contributed by atoms with Gasteiger partial charge >= 0.3 is 0 Å². The Morgan fingerprint density at radius 1 is 1.73 bits per heavy atom. The molecular weight excluding hydrogens is 136 g/mol. The number of hydrogen-bond acceptors (Lipinski definition) is 1. The van der Waals surface area contributed by atoms with Crippen LogP contribution in [0.1, 0.15) is 20.3 Å². The summed E-state index contributed by atoms with van der Waals surface area (Å²) in [5, 5.41) is 0. The molecule has 1 heteroatoms. The zero-order valence-corrected chi connectivity index (χ0v) is 6.98. The molecule has 0 spiro atoms. The van der Waals surface area contributed by atoms with E-state index in [1.54, 1.807) is 0 Å². The van der Waals surface area contributed by atoms with Crippen LogP contribution in [0, 0.1) is 0 Å². The first-order valence-corrected chi connectivity index (χ1v) is 3.69. The first kappa shape index (κ1) is 7.99. The van der Waals surface area contributed by atoms with Gasteiger partial charge in [0.05, 0.1) is 0 Å². The Kier molecular flexibility index (Phi) is 2.08. The molecule has 1 aliphatic rings. The van der Waals surface area contributed by atoms with Crippen molar-refractivity contribution in [1.82, 2.24) is 0 Å². The molecule has 0 fully saturated rings. The van der Waals surface area contributed by atoms with Crippen molar-refractivity contribution in [3.05, 3.63) is 35.5 Å². The fraction of sp³-hybridized carbons (Fsp3) is 0.300. The normalized spacial score (nSPS) is 20.7. The molecule has 0 radical (unpaired) electrons. The van der Waals surface area contributed by atoms with Crippen LogP contribution in [0.25, 0.3) is 0 Å². The zero-order valence-electron chi connectivity index (χ0n) is 6.98. The summed E-state index contributed by atoms with van der Waals surface area (Å²) in [6, 6.07) is 0. The van der Waals surface area contributed by atoms with Crippen LogP contribution < -0.4 is 0 Å². The lowest BCUT2D eigenvalue weighted by Gasteiger charge is -1.94. The number of ketones is 1. The summed E-state index contributed by atoms with van der Waals surface area (Å²) in [4.78, 5) is 11.3. The van der Waals surface area contributed by atoms with Gasteiger partial charge in [0.1, 0.15) is 0 Å². The van der Waals surface area contributed by atoms with Crippen molar-refractivity contribution in [2.75, 3.05) is 0 Å². The van der Waals surface area contributed by atoms with Gasteiger partial charge in [-0.2, -0.15) is 0 Å². The monoisotopic (exact) mass is 148 g/mol. The van der Waals surface area contributed by atoms with E-state index in [9.17, 15) is 4.79 Å². The van der Waals surface area contributed by atoms with Gasteiger partial charge in [0.15, 0.2) is 5.78 Å². The van der Waals surface area contributed by atoms with Gasteiger partial charge < -0.3 is 0 Å². The maximum Gasteiger partial charge on any atom is 0.184 e. The topological polar surface area (TPSA) is 17.1 Å². The highest BCUT2D eigenvalue weighted by atomic mass is 16.1. The van der Waals surface area contributed by atoms with Gasteiger partial charge in [0.2, 0.25) is 0 Å². The molecular formula is C10H12O. The number of rotatable bonds is 1. The Hall–Kier alpha value is -1.11. The van der Waals surface area contributed by atoms with Crippen molar-refractivity contribution in [2.24, 2.45) is 0 Å². The molecule has 0 bridgehead atoms. The van der Waals surface area contributed by atoms with Gasteiger partial charge in [-0.25, -0.2) is 0 Å². The first-order chi connectivity index (χ1) is 5.11. The highest BCUT2D eigenvalue weighted by Crippen LogP contribution is 2.20. The summed E-state index contributed by atoms with van der Waals surface area (Å²) >= 11 is 0. The molecule has 11 heavy (non-hydrogen) atoms. The number of hydrogen-bond donors (Lipinski definition) is 0. The number of carbonyl (C=O) groups is 1. The minimum atomic E-state index is 0.174. The minimum absolute atomic E-state index is 0.174. The van der Waals surface area contributed by atoms with Crippen LogP contribution in [0.5, 0.6) is 0 Å². The van der Waals surface area contributed by atoms with Crippen LogP contribution in [0.2, 0.25) is 0 Å². The second-order valence-corrected chi connectivity index (χ2v) is 2.94. The van der Waals surface area contributed by atoms with E-state index in [4.69, 9.17) is 0 Å². The van der Waals surface area contributed by atoms with Gasteiger partial charge in [-0.3, -0.25) is 4.79 Å². The molecule has 0 heterocycles. The Morgan fingerprint density at radius 3 is 2.73 bits per heavy atom. The third-order valence-electron chi connectivity index (χ3n) is 1.70. The van der Waals surface area contributed by atoms with Crippen LogP contribution in [0.3, 0.4) is 0 Å². The molecule has 0 saturated heterocycles. The van der Waals surface area contributed by atoms with Crippen LogP contribution >= 0.6 is 0 Å². The third-order valence-corrected chi connectivity index (χ3v) is 1.70. The average Bonchev–Trinajstić information content (AvgIpc) is 2.18. The maximum atomic E-state index is 11.3. The zero-order chi connectivity index (χ0) is 8.43. The largest absolute Gasteiger partial charge is 0.289 e. The fourth-order valence-electron chi connectivity index (χ4n) is 1.12. The van der Waals surface area contributed by atoms with Crippen molar-refractivity contribution in [3.63, 3.8) is 0 Å². The number of allylic oxidation sites excluding steroid dienone is 5. The molecule has 1 aliphatic carbocycles. The lowest BCUT2D eigenvalue weighted by Crippen LogP contribution is -1.95. The van der Waals surface area contributed by atoms with E-state index >= 15 is 0 Å². The maximum absolute atomic E-state index is 11.3. The summed E-state index contributed by atoms with van der Waals surface area (Å²) in [5.41, 5.74) is 2.67. The lowest BCUT2D eigenvalue weighted by atomic mass is 10.1. The molecule has 58 valence electrons. The van der Waals surface area contributed by atoms with E-state index in [1.165, 1.54) is 0 Å². The van der Waals surface area contributed by atoms with Crippen molar-refractivity contribution >= 4 is 5.78 Å². The number of carbonyl (C=O) groups excluding carboxylic acids is 1. The van der Waals surface area contributed by atoms with E-state index in [2.05, 4.69) is 6.58 Å². The second kappa shape index (κ2) is 2.87. The van der Waals surface area contributed by atoms with Crippen LogP contribution in [-0.4, -0.2) is 5.78 Å². The Labute approximate surface area is 67.1 Å². The SMILES string of the molecule is C=C(C)/C=C1\CC=C(C)C1=O. The standard InChI is InChI=1S/C10H12O/c1-7(2)6-9-5-4-8(3)10(9)11/h4,6H,1,5H2,2-3H3/b9-6+. The molecule has 0 N–H and O–H groups in total. The molecule has 0 atom stereocenters. The van der Waals surface area contributed by atoms with E-state index in [0.29, 0.717) is 0 Å². The number of Topliss-reactive ketones (excluding diaryl/α,β-unsaturated/α-hetero) is 1. The van der Waals surface area contributed by atoms with Crippen molar-refractivity contribution in [2.45, 2.75) is 20.3 Å². The van der Waals surface area contributed by atoms with Gasteiger partial charge in [0.25, 0.3) is 0 Å². The van der Waals surface area contributed by atoms with Crippen LogP contribution in [0.4, 0.5) is 0 Å². The van der Waals surface area contributed by atoms with E-state index in [-0.39, 0.29) is 5.78 Å². The quantitative estimate of drug-likeness (QED) is 0.522. The van der Waals surface area contributed by atoms with Crippen molar-refractivity contribution in [1.29, 1.82) is 0 Å². The first-order valence-electron chi connectivity index (χ1n) is 3.69. The van der Waals surface area contributed by atoms with Gasteiger partial charge in [-0.15, -0.1) is 0 Å². The third kappa shape index (κ3) is 1.67. The molecule has 0 saturated carbocycles. The minimum Gasteiger partial charge on any atom is -0.289 e. The highest BCUT2D eigenvalue weighted by molar-refractivity contribution is 6.10. The smallest absolute Gasteiger partial charge is 0.184 e. The van der Waals surface area contributed by atoms with E-state index < -0.39 is 0 Å². The Bertz CT molecular complexity index is 267. The van der Waals surface area contributed by atoms with Crippen molar-refractivity contribution < 1.29 is 4.79 Å². The Balaban J connectivity index is 2.83. The lowest BCUT2D eigenvalue weighted by molar-refractivity contribution is -0.111. The summed E-state index contributed by atoms with van der Waals surface area (Å²) < 4.78 is 0. The molecule has 1 nitrogen and oxygen atoms in total. The molecule has 0 amide bonds. The molecule has 0 aromatic heterocycles.